The van der Waals surface area contributed by atoms with Crippen molar-refractivity contribution < 1.29 is 14.4 Å². The Hall–Kier alpha value is -3.29. The monoisotopic (exact) mass is 451 g/mol. The number of rotatable bonds is 3. The van der Waals surface area contributed by atoms with Crippen molar-refractivity contribution in [3.63, 3.8) is 0 Å². The quantitative estimate of drug-likeness (QED) is 0.655. The minimum absolute atomic E-state index is 0.0800. The lowest BCUT2D eigenvalue weighted by Gasteiger charge is -2.34. The van der Waals surface area contributed by atoms with Gasteiger partial charge in [-0.3, -0.25) is 14.3 Å². The Morgan fingerprint density at radius 2 is 1.79 bits per heavy atom. The van der Waals surface area contributed by atoms with E-state index in [1.54, 1.807) is 6.20 Å². The first-order chi connectivity index (χ1) is 16.0. The first-order valence-electron chi connectivity index (χ1n) is 11.5. The van der Waals surface area contributed by atoms with E-state index in [0.717, 1.165) is 73.1 Å². The number of benzene rings is 1. The molecule has 0 spiro atoms. The molecule has 1 saturated heterocycles. The van der Waals surface area contributed by atoms with Crippen molar-refractivity contribution in [1.29, 1.82) is 0 Å². The number of hydrogen-bond donors (Lipinski definition) is 1. The van der Waals surface area contributed by atoms with Crippen LogP contribution in [0.4, 0.5) is 0 Å². The van der Waals surface area contributed by atoms with Crippen molar-refractivity contribution >= 4 is 33.9 Å². The minimum atomic E-state index is -0.115. The molecule has 33 heavy (non-hydrogen) atoms. The number of pyridine rings is 1. The maximum atomic E-state index is 13.4. The maximum absolute atomic E-state index is 13.4. The molecule has 0 radical (unpaired) electrons. The van der Waals surface area contributed by atoms with E-state index in [1.807, 2.05) is 28.6 Å². The van der Waals surface area contributed by atoms with Gasteiger partial charge in [0.1, 0.15) is 0 Å². The fourth-order valence-corrected chi connectivity index (χ4v) is 5.09. The van der Waals surface area contributed by atoms with Crippen LogP contribution in [-0.4, -0.2) is 69.3 Å². The van der Waals surface area contributed by atoms with Crippen LogP contribution in [0.15, 0.2) is 23.1 Å². The predicted octanol–water partition coefficient (Wildman–Crippen LogP) is 2.50. The highest BCUT2D eigenvalue weighted by Crippen LogP contribution is 2.34. The van der Waals surface area contributed by atoms with Gasteiger partial charge in [0.05, 0.1) is 28.7 Å². The Bertz CT molecular complexity index is 1260. The van der Waals surface area contributed by atoms with Crippen molar-refractivity contribution in [3.05, 3.63) is 39.8 Å². The lowest BCUT2D eigenvalue weighted by Crippen LogP contribution is -2.48. The number of aromatic amines is 1. The van der Waals surface area contributed by atoms with E-state index in [-0.39, 0.29) is 17.6 Å². The second-order valence-corrected chi connectivity index (χ2v) is 8.77. The molecule has 9 nitrogen and oxygen atoms in total. The topological polar surface area (TPSA) is 108 Å². The zero-order chi connectivity index (χ0) is 23.5. The van der Waals surface area contributed by atoms with Crippen LogP contribution in [0.25, 0.3) is 21.8 Å². The van der Waals surface area contributed by atoms with Crippen LogP contribution >= 0.6 is 0 Å². The number of H-pyrrole nitrogens is 1. The summed E-state index contributed by atoms with van der Waals surface area (Å²) in [5.74, 6) is 0.0800. The fraction of sp³-hybridized carbons (Fsp3) is 0.500. The molecule has 0 atom stereocenters. The van der Waals surface area contributed by atoms with Gasteiger partial charge in [0, 0.05) is 37.1 Å². The van der Waals surface area contributed by atoms with E-state index < -0.39 is 0 Å². The van der Waals surface area contributed by atoms with Crippen molar-refractivity contribution in [2.24, 2.45) is 0 Å². The molecule has 0 unspecified atom stereocenters. The number of nitrogens with one attached hydrogen (secondary N) is 1. The summed E-state index contributed by atoms with van der Waals surface area (Å²) in [6.07, 6.45) is 6.49. The number of amides is 1. The molecule has 3 heterocycles. The summed E-state index contributed by atoms with van der Waals surface area (Å²) in [7, 11) is 0. The van der Waals surface area contributed by atoms with Crippen LogP contribution in [0.2, 0.25) is 0 Å². The molecule has 1 saturated carbocycles. The molecular formula is C24H29N5O4. The van der Waals surface area contributed by atoms with Gasteiger partial charge in [-0.15, -0.1) is 0 Å². The molecule has 1 aliphatic heterocycles. The number of carbonyl (C=O) groups excluding carboxylic acids is 3. The molecule has 9 heteroatoms. The number of piperazine rings is 1. The largest absolute Gasteiger partial charge is 0.373 e. The van der Waals surface area contributed by atoms with Gasteiger partial charge >= 0.3 is 6.15 Å². The van der Waals surface area contributed by atoms with Crippen LogP contribution in [0.3, 0.4) is 0 Å². The predicted molar refractivity (Wildman–Crippen MR) is 123 cm³/mol. The van der Waals surface area contributed by atoms with Gasteiger partial charge in [-0.25, -0.2) is 0 Å². The summed E-state index contributed by atoms with van der Waals surface area (Å²) in [5.41, 5.74) is 3.14. The number of nitrogens with zero attached hydrogens (tertiary/aromatic N) is 4. The third kappa shape index (κ3) is 4.34. The van der Waals surface area contributed by atoms with Crippen LogP contribution in [0.5, 0.6) is 0 Å². The van der Waals surface area contributed by atoms with Gasteiger partial charge in [0.25, 0.3) is 11.5 Å². The first kappa shape index (κ1) is 22.9. The molecule has 174 valence electrons. The molecule has 2 aliphatic rings. The van der Waals surface area contributed by atoms with Gasteiger partial charge < -0.3 is 14.8 Å². The molecule has 1 amide bonds. The number of hydrogen-bond acceptors (Lipinski definition) is 6. The molecule has 1 N–H and O–H groups in total. The Morgan fingerprint density at radius 3 is 2.42 bits per heavy atom. The molecule has 2 fully saturated rings. The second kappa shape index (κ2) is 9.68. The summed E-state index contributed by atoms with van der Waals surface area (Å²) < 4.78 is 2.03. The smallest absolute Gasteiger partial charge is 0.336 e. The summed E-state index contributed by atoms with van der Waals surface area (Å²) in [4.78, 5) is 49.6. The number of fused-ring (bicyclic) bond motifs is 3. The normalized spacial score (nSPS) is 17.2. The van der Waals surface area contributed by atoms with Gasteiger partial charge in [0.15, 0.2) is 0 Å². The number of carbonyl (C=O) groups is 1. The van der Waals surface area contributed by atoms with E-state index in [0.29, 0.717) is 11.4 Å². The summed E-state index contributed by atoms with van der Waals surface area (Å²) in [6, 6.07) is 4.25. The van der Waals surface area contributed by atoms with Crippen molar-refractivity contribution in [2.45, 2.75) is 45.6 Å². The third-order valence-corrected chi connectivity index (χ3v) is 6.92. The first-order valence-corrected chi connectivity index (χ1v) is 11.5. The Labute approximate surface area is 191 Å². The van der Waals surface area contributed by atoms with Crippen molar-refractivity contribution in [1.82, 2.24) is 24.6 Å². The summed E-state index contributed by atoms with van der Waals surface area (Å²) >= 11 is 0. The van der Waals surface area contributed by atoms with E-state index in [9.17, 15) is 9.59 Å². The Morgan fingerprint density at radius 1 is 1.12 bits per heavy atom. The summed E-state index contributed by atoms with van der Waals surface area (Å²) in [6.45, 7) is 8.47. The zero-order valence-corrected chi connectivity index (χ0v) is 19.1. The van der Waals surface area contributed by atoms with Crippen LogP contribution in [0, 0.1) is 6.92 Å². The van der Waals surface area contributed by atoms with E-state index in [2.05, 4.69) is 21.9 Å². The third-order valence-electron chi connectivity index (χ3n) is 6.92. The molecule has 1 aromatic carbocycles. The van der Waals surface area contributed by atoms with Crippen LogP contribution in [0.1, 0.15) is 54.6 Å². The second-order valence-electron chi connectivity index (χ2n) is 8.77. The standard InChI is InChI=1S/C23H29N5O2.CO2/c1-3-26-8-10-27(11-9-26)23(30)17-13-18-20(12-15(17)2)25-22(29)19-14-24-28(21(18)19)16-6-4-5-7-16;2-1-3/h12-14,16H,3-11H2,1-2H3,(H,25,29);. The van der Waals surface area contributed by atoms with E-state index in [4.69, 9.17) is 9.59 Å². The molecule has 2 aromatic heterocycles. The minimum Gasteiger partial charge on any atom is -0.336 e. The van der Waals surface area contributed by atoms with Gasteiger partial charge in [-0.1, -0.05) is 19.8 Å². The summed E-state index contributed by atoms with van der Waals surface area (Å²) in [5, 5.41) is 6.11. The highest BCUT2D eigenvalue weighted by molar-refractivity contribution is 6.07. The number of aromatic nitrogens is 3. The van der Waals surface area contributed by atoms with Crippen LogP contribution in [-0.2, 0) is 9.59 Å². The van der Waals surface area contributed by atoms with Gasteiger partial charge in [-0.05, 0) is 44.0 Å². The Balaban J connectivity index is 0.000000821. The lowest BCUT2D eigenvalue weighted by atomic mass is 10.0. The average Bonchev–Trinajstić information content (AvgIpc) is 3.49. The van der Waals surface area contributed by atoms with Gasteiger partial charge in [0.2, 0.25) is 0 Å². The highest BCUT2D eigenvalue weighted by atomic mass is 16.2. The van der Waals surface area contributed by atoms with E-state index in [1.165, 1.54) is 12.8 Å². The molecule has 0 bridgehead atoms. The Kier molecular flexibility index (Phi) is 6.72. The lowest BCUT2D eigenvalue weighted by molar-refractivity contribution is -0.191. The number of aryl methyl sites for hydroxylation is 1. The van der Waals surface area contributed by atoms with E-state index >= 15 is 0 Å². The average molecular weight is 452 g/mol. The highest BCUT2D eigenvalue weighted by Gasteiger charge is 2.25. The fourth-order valence-electron chi connectivity index (χ4n) is 5.09. The SMILES string of the molecule is CCN1CCN(C(=O)c2cc3c(cc2C)[nH]c(=O)c2cnn(C4CCCC4)c23)CC1.O=C=O. The molecule has 1 aliphatic carbocycles. The van der Waals surface area contributed by atoms with Crippen LogP contribution < -0.4 is 5.56 Å². The molecular weight excluding hydrogens is 422 g/mol. The van der Waals surface area contributed by atoms with Crippen molar-refractivity contribution in [2.75, 3.05) is 32.7 Å². The van der Waals surface area contributed by atoms with Gasteiger partial charge in [-0.2, -0.15) is 14.7 Å². The molecule has 3 aromatic rings. The maximum Gasteiger partial charge on any atom is 0.373 e. The van der Waals surface area contributed by atoms with Crippen molar-refractivity contribution in [3.8, 4) is 0 Å². The molecule has 5 rings (SSSR count). The number of likely N-dealkylation sites (N-methyl/N-ethyl adjacent to an activating group) is 1. The zero-order valence-electron chi connectivity index (χ0n) is 19.1.